The van der Waals surface area contributed by atoms with Gasteiger partial charge in [-0.15, -0.1) is 0 Å². The predicted octanol–water partition coefficient (Wildman–Crippen LogP) is 11.9. The van der Waals surface area contributed by atoms with Crippen molar-refractivity contribution in [3.63, 3.8) is 0 Å². The van der Waals surface area contributed by atoms with Crippen LogP contribution in [-0.4, -0.2) is 4.57 Å². The summed E-state index contributed by atoms with van der Waals surface area (Å²) in [5.41, 5.74) is 11.7. The Bertz CT molecular complexity index is 2690. The Morgan fingerprint density at radius 2 is 0.778 bits per heavy atom. The zero-order valence-corrected chi connectivity index (χ0v) is 24.2. The molecule has 45 heavy (non-hydrogen) atoms. The minimum absolute atomic E-state index is 0.859. The summed E-state index contributed by atoms with van der Waals surface area (Å²) in [5, 5.41) is 6.77. The highest BCUT2D eigenvalue weighted by Gasteiger charge is 2.17. The molecular weight excluding hydrogens is 550 g/mol. The van der Waals surface area contributed by atoms with Crippen LogP contribution in [0.3, 0.4) is 0 Å². The summed E-state index contributed by atoms with van der Waals surface area (Å²) in [6, 6.07) is 53.6. The Balaban J connectivity index is 1.11. The molecule has 0 N–H and O–H groups in total. The van der Waals surface area contributed by atoms with Crippen molar-refractivity contribution >= 4 is 65.7 Å². The number of nitrogens with zero attached hydrogens (tertiary/aromatic N) is 1. The van der Waals surface area contributed by atoms with Crippen molar-refractivity contribution in [2.24, 2.45) is 0 Å². The zero-order chi connectivity index (χ0) is 29.5. The van der Waals surface area contributed by atoms with Crippen molar-refractivity contribution in [2.45, 2.75) is 0 Å². The smallest absolute Gasteiger partial charge is 0.136 e. The van der Waals surface area contributed by atoms with E-state index in [1.165, 1.54) is 38.5 Å². The summed E-state index contributed by atoms with van der Waals surface area (Å²) in [7, 11) is 0. The first-order valence-electron chi connectivity index (χ1n) is 15.3. The molecular formula is C42H25NO2. The maximum atomic E-state index is 6.45. The number of hydrogen-bond donors (Lipinski definition) is 0. The van der Waals surface area contributed by atoms with E-state index in [4.69, 9.17) is 8.83 Å². The number of fused-ring (bicyclic) bond motifs is 9. The van der Waals surface area contributed by atoms with Gasteiger partial charge >= 0.3 is 0 Å². The number of furan rings is 2. The lowest BCUT2D eigenvalue weighted by Gasteiger charge is -2.07. The van der Waals surface area contributed by atoms with Gasteiger partial charge in [0.1, 0.15) is 22.3 Å². The molecule has 0 saturated heterocycles. The van der Waals surface area contributed by atoms with Crippen LogP contribution < -0.4 is 0 Å². The first-order chi connectivity index (χ1) is 22.3. The molecule has 0 saturated carbocycles. The third kappa shape index (κ3) is 3.65. The van der Waals surface area contributed by atoms with Crippen LogP contribution in [0.5, 0.6) is 0 Å². The molecule has 0 aliphatic heterocycles. The van der Waals surface area contributed by atoms with Crippen LogP contribution >= 0.6 is 0 Å². The van der Waals surface area contributed by atoms with Crippen molar-refractivity contribution in [2.75, 3.05) is 0 Å². The highest BCUT2D eigenvalue weighted by molar-refractivity contribution is 6.16. The molecule has 10 rings (SSSR count). The topological polar surface area (TPSA) is 31.2 Å². The fraction of sp³-hybridized carbons (Fsp3) is 0. The van der Waals surface area contributed by atoms with Gasteiger partial charge in [-0.05, 0) is 76.9 Å². The van der Waals surface area contributed by atoms with Gasteiger partial charge in [0.2, 0.25) is 0 Å². The maximum Gasteiger partial charge on any atom is 0.136 e. The van der Waals surface area contributed by atoms with E-state index < -0.39 is 0 Å². The van der Waals surface area contributed by atoms with Gasteiger partial charge < -0.3 is 13.4 Å². The number of hydrogen-bond acceptors (Lipinski definition) is 2. The van der Waals surface area contributed by atoms with Gasteiger partial charge in [-0.25, -0.2) is 0 Å². The molecule has 7 aromatic carbocycles. The molecule has 0 bridgehead atoms. The summed E-state index contributed by atoms with van der Waals surface area (Å²) in [5.74, 6) is 0. The first kappa shape index (κ1) is 24.4. The summed E-state index contributed by atoms with van der Waals surface area (Å²) in [6.07, 6.45) is 0. The van der Waals surface area contributed by atoms with Crippen LogP contribution in [0.2, 0.25) is 0 Å². The van der Waals surface area contributed by atoms with Gasteiger partial charge in [0, 0.05) is 38.0 Å². The first-order valence-corrected chi connectivity index (χ1v) is 15.3. The van der Waals surface area contributed by atoms with E-state index in [1.54, 1.807) is 0 Å². The average molecular weight is 576 g/mol. The van der Waals surface area contributed by atoms with E-state index in [2.05, 4.69) is 150 Å². The van der Waals surface area contributed by atoms with E-state index in [-0.39, 0.29) is 0 Å². The molecule has 0 radical (unpaired) electrons. The number of aromatic nitrogens is 1. The third-order valence-corrected chi connectivity index (χ3v) is 9.21. The second kappa shape index (κ2) is 9.22. The van der Waals surface area contributed by atoms with E-state index in [9.17, 15) is 0 Å². The summed E-state index contributed by atoms with van der Waals surface area (Å²) in [6.45, 7) is 0. The Kier molecular flexibility index (Phi) is 5.00. The molecule has 0 aliphatic rings. The van der Waals surface area contributed by atoms with E-state index in [0.29, 0.717) is 0 Å². The second-order valence-corrected chi connectivity index (χ2v) is 11.8. The molecule has 10 aromatic rings. The minimum Gasteiger partial charge on any atom is -0.456 e. The van der Waals surface area contributed by atoms with Gasteiger partial charge in [-0.1, -0.05) is 97.1 Å². The van der Waals surface area contributed by atoms with Gasteiger partial charge in [0.15, 0.2) is 0 Å². The monoisotopic (exact) mass is 575 g/mol. The van der Waals surface area contributed by atoms with E-state index in [1.807, 2.05) is 6.07 Å². The lowest BCUT2D eigenvalue weighted by molar-refractivity contribution is 0.664. The van der Waals surface area contributed by atoms with Crippen LogP contribution in [0.15, 0.2) is 160 Å². The molecule has 3 heterocycles. The number of para-hydroxylation sites is 2. The van der Waals surface area contributed by atoms with Crippen molar-refractivity contribution in [3.8, 4) is 27.9 Å². The SMILES string of the molecule is c1ccc(-c2ccc(-c3ccc4oc5cc6c(cc5c4c3)oc3ccc(-n4c5ccccc5c5ccccc54)cc36)cc2)cc1. The summed E-state index contributed by atoms with van der Waals surface area (Å²) >= 11 is 0. The number of rotatable bonds is 3. The fourth-order valence-corrected chi connectivity index (χ4v) is 7.04. The summed E-state index contributed by atoms with van der Waals surface area (Å²) < 4.78 is 15.2. The molecule has 3 heteroatoms. The highest BCUT2D eigenvalue weighted by Crippen LogP contribution is 2.40. The van der Waals surface area contributed by atoms with Crippen molar-refractivity contribution in [1.29, 1.82) is 0 Å². The predicted molar refractivity (Wildman–Crippen MR) is 186 cm³/mol. The second-order valence-electron chi connectivity index (χ2n) is 11.8. The van der Waals surface area contributed by atoms with Gasteiger partial charge in [0.05, 0.1) is 11.0 Å². The largest absolute Gasteiger partial charge is 0.456 e. The van der Waals surface area contributed by atoms with Crippen molar-refractivity contribution < 1.29 is 8.83 Å². The van der Waals surface area contributed by atoms with Gasteiger partial charge in [-0.2, -0.15) is 0 Å². The van der Waals surface area contributed by atoms with Crippen LogP contribution in [0.1, 0.15) is 0 Å². The van der Waals surface area contributed by atoms with E-state index >= 15 is 0 Å². The molecule has 0 fully saturated rings. The van der Waals surface area contributed by atoms with E-state index in [0.717, 1.165) is 55.1 Å². The Labute approximate surface area is 258 Å². The lowest BCUT2D eigenvalue weighted by Crippen LogP contribution is -1.93. The maximum absolute atomic E-state index is 6.45. The quantitative estimate of drug-likeness (QED) is 0.210. The molecule has 0 unspecified atom stereocenters. The Morgan fingerprint density at radius 1 is 0.311 bits per heavy atom. The zero-order valence-electron chi connectivity index (χ0n) is 24.2. The molecule has 0 aliphatic carbocycles. The van der Waals surface area contributed by atoms with Crippen molar-refractivity contribution in [3.05, 3.63) is 152 Å². The number of benzene rings is 7. The highest BCUT2D eigenvalue weighted by atomic mass is 16.3. The molecule has 3 aromatic heterocycles. The standard InChI is InChI=1S/C42H25NO2/c1-2-8-26(9-3-1)27-14-16-28(17-15-27)29-18-20-39-33(22-29)35-24-42-36(25-41(35)44-39)34-23-30(19-21-40(34)45-42)43-37-12-6-4-10-31(37)32-11-5-7-13-38(32)43/h1-25H. The molecule has 3 nitrogen and oxygen atoms in total. The van der Waals surface area contributed by atoms with Crippen LogP contribution in [0, 0.1) is 0 Å². The Morgan fingerprint density at radius 3 is 1.42 bits per heavy atom. The fourth-order valence-electron chi connectivity index (χ4n) is 7.04. The van der Waals surface area contributed by atoms with Gasteiger partial charge in [-0.3, -0.25) is 0 Å². The molecule has 210 valence electrons. The Hall–Kier alpha value is -6.06. The summed E-state index contributed by atoms with van der Waals surface area (Å²) in [4.78, 5) is 0. The van der Waals surface area contributed by atoms with Crippen molar-refractivity contribution in [1.82, 2.24) is 4.57 Å². The van der Waals surface area contributed by atoms with Crippen LogP contribution in [0.4, 0.5) is 0 Å². The molecule has 0 amide bonds. The van der Waals surface area contributed by atoms with Crippen LogP contribution in [-0.2, 0) is 0 Å². The minimum atomic E-state index is 0.859. The third-order valence-electron chi connectivity index (χ3n) is 9.21. The van der Waals surface area contributed by atoms with Gasteiger partial charge in [0.25, 0.3) is 0 Å². The average Bonchev–Trinajstić information content (AvgIpc) is 3.76. The molecule has 0 spiro atoms. The lowest BCUT2D eigenvalue weighted by atomic mass is 9.99. The normalized spacial score (nSPS) is 12.0. The van der Waals surface area contributed by atoms with Crippen LogP contribution in [0.25, 0.3) is 93.6 Å². The molecule has 0 atom stereocenters.